The summed E-state index contributed by atoms with van der Waals surface area (Å²) in [6.45, 7) is 1.31. The molecule has 0 aliphatic rings. The van der Waals surface area contributed by atoms with Crippen LogP contribution < -0.4 is 4.74 Å². The van der Waals surface area contributed by atoms with Crippen LogP contribution in [0.15, 0.2) is 6.07 Å². The quantitative estimate of drug-likeness (QED) is 0.585. The molecule has 0 fully saturated rings. The summed E-state index contributed by atoms with van der Waals surface area (Å²) in [5, 5.41) is 6.10. The summed E-state index contributed by atoms with van der Waals surface area (Å²) in [5.74, 6) is -0.750. The molecular formula is C7H7ClN2O3. The van der Waals surface area contributed by atoms with Crippen LogP contribution in [0.3, 0.4) is 0 Å². The summed E-state index contributed by atoms with van der Waals surface area (Å²) >= 11 is 5.45. The molecule has 0 unspecified atom stereocenters. The maximum atomic E-state index is 10.9. The van der Waals surface area contributed by atoms with Crippen molar-refractivity contribution in [2.75, 3.05) is 0 Å². The van der Waals surface area contributed by atoms with Crippen molar-refractivity contribution < 1.29 is 14.3 Å². The van der Waals surface area contributed by atoms with Crippen molar-refractivity contribution >= 4 is 23.4 Å². The van der Waals surface area contributed by atoms with Crippen LogP contribution in [0.25, 0.3) is 0 Å². The van der Waals surface area contributed by atoms with Crippen LogP contribution >= 0.6 is 11.6 Å². The number of aromatic amines is 1. The van der Waals surface area contributed by atoms with E-state index in [0.29, 0.717) is 0 Å². The number of hydrogen-bond donors (Lipinski definition) is 1. The molecule has 0 saturated carbocycles. The highest BCUT2D eigenvalue weighted by atomic mass is 35.5. The van der Waals surface area contributed by atoms with Crippen molar-refractivity contribution in [1.29, 1.82) is 0 Å². The monoisotopic (exact) mass is 202 g/mol. The normalized spacial score (nSPS) is 9.69. The fourth-order valence-electron chi connectivity index (χ4n) is 0.695. The SMILES string of the molecule is CC(=O)CC(=O)Oc1cc(Cl)n[nH]1. The van der Waals surface area contributed by atoms with E-state index in [0.717, 1.165) is 0 Å². The Hall–Kier alpha value is -1.36. The number of H-pyrrole nitrogens is 1. The fourth-order valence-corrected chi connectivity index (χ4v) is 0.837. The lowest BCUT2D eigenvalue weighted by Crippen LogP contribution is -2.11. The highest BCUT2D eigenvalue weighted by Crippen LogP contribution is 2.12. The van der Waals surface area contributed by atoms with Crippen LogP contribution in [0.1, 0.15) is 13.3 Å². The summed E-state index contributed by atoms with van der Waals surface area (Å²) in [4.78, 5) is 21.4. The molecule has 1 aromatic rings. The second-order valence-corrected chi connectivity index (χ2v) is 2.80. The van der Waals surface area contributed by atoms with Gasteiger partial charge in [-0.2, -0.15) is 5.10 Å². The molecule has 0 saturated heterocycles. The van der Waals surface area contributed by atoms with Gasteiger partial charge in [0, 0.05) is 6.07 Å². The first-order chi connectivity index (χ1) is 6.08. The molecule has 0 atom stereocenters. The molecule has 6 heteroatoms. The van der Waals surface area contributed by atoms with Crippen molar-refractivity contribution in [3.05, 3.63) is 11.2 Å². The van der Waals surface area contributed by atoms with E-state index in [4.69, 9.17) is 11.6 Å². The van der Waals surface area contributed by atoms with Crippen LogP contribution in [0, 0.1) is 0 Å². The number of nitrogens with one attached hydrogen (secondary N) is 1. The minimum atomic E-state index is -0.632. The van der Waals surface area contributed by atoms with E-state index in [2.05, 4.69) is 14.9 Å². The lowest BCUT2D eigenvalue weighted by atomic mass is 10.3. The molecule has 0 amide bonds. The topological polar surface area (TPSA) is 72.1 Å². The van der Waals surface area contributed by atoms with Crippen LogP contribution in [-0.2, 0) is 9.59 Å². The third kappa shape index (κ3) is 3.25. The Bertz CT molecular complexity index is 334. The van der Waals surface area contributed by atoms with E-state index < -0.39 is 5.97 Å². The smallest absolute Gasteiger partial charge is 0.320 e. The Kier molecular flexibility index (Phi) is 3.02. The first kappa shape index (κ1) is 9.73. The Morgan fingerprint density at radius 2 is 2.38 bits per heavy atom. The van der Waals surface area contributed by atoms with Gasteiger partial charge in [-0.25, -0.2) is 5.10 Å². The number of carbonyl (C=O) groups excluding carboxylic acids is 2. The molecule has 1 aromatic heterocycles. The molecule has 1 N–H and O–H groups in total. The minimum absolute atomic E-state index is 0.135. The summed E-state index contributed by atoms with van der Waals surface area (Å²) < 4.78 is 4.68. The highest BCUT2D eigenvalue weighted by Gasteiger charge is 2.09. The molecule has 1 rings (SSSR count). The number of ether oxygens (including phenoxy) is 1. The lowest BCUT2D eigenvalue weighted by Gasteiger charge is -1.97. The third-order valence-corrected chi connectivity index (χ3v) is 1.33. The van der Waals surface area contributed by atoms with E-state index in [1.165, 1.54) is 13.0 Å². The summed E-state index contributed by atoms with van der Waals surface area (Å²) in [6, 6.07) is 1.35. The number of halogens is 1. The predicted octanol–water partition coefficient (Wildman–Crippen LogP) is 0.948. The van der Waals surface area contributed by atoms with Gasteiger partial charge in [0.25, 0.3) is 0 Å². The lowest BCUT2D eigenvalue weighted by molar-refractivity contribution is -0.137. The number of ketones is 1. The Balaban J connectivity index is 2.50. The zero-order valence-corrected chi connectivity index (χ0v) is 7.59. The minimum Gasteiger partial charge on any atom is -0.408 e. The third-order valence-electron chi connectivity index (χ3n) is 1.14. The molecule has 13 heavy (non-hydrogen) atoms. The van der Waals surface area contributed by atoms with Gasteiger partial charge < -0.3 is 4.74 Å². The first-order valence-electron chi connectivity index (χ1n) is 3.49. The van der Waals surface area contributed by atoms with Gasteiger partial charge in [0.05, 0.1) is 0 Å². The Morgan fingerprint density at radius 1 is 1.69 bits per heavy atom. The van der Waals surface area contributed by atoms with Crippen molar-refractivity contribution in [2.45, 2.75) is 13.3 Å². The number of carbonyl (C=O) groups is 2. The molecule has 0 radical (unpaired) electrons. The number of nitrogens with zero attached hydrogens (tertiary/aromatic N) is 1. The van der Waals surface area contributed by atoms with Crippen LogP contribution in [0.4, 0.5) is 0 Å². The van der Waals surface area contributed by atoms with Gasteiger partial charge in [-0.15, -0.1) is 0 Å². The zero-order chi connectivity index (χ0) is 9.84. The molecule has 70 valence electrons. The van der Waals surface area contributed by atoms with E-state index in [1.807, 2.05) is 0 Å². The number of esters is 1. The number of Topliss-reactive ketones (excluding diaryl/α,β-unsaturated/α-hetero) is 1. The van der Waals surface area contributed by atoms with Gasteiger partial charge >= 0.3 is 5.97 Å². The average Bonchev–Trinajstić information content (AvgIpc) is 2.33. The van der Waals surface area contributed by atoms with Crippen molar-refractivity contribution in [1.82, 2.24) is 10.2 Å². The first-order valence-corrected chi connectivity index (χ1v) is 3.87. The number of aromatic nitrogens is 2. The average molecular weight is 203 g/mol. The fraction of sp³-hybridized carbons (Fsp3) is 0.286. The van der Waals surface area contributed by atoms with Gasteiger partial charge in [0.2, 0.25) is 5.88 Å². The predicted molar refractivity (Wildman–Crippen MR) is 44.5 cm³/mol. The molecule has 5 nitrogen and oxygen atoms in total. The van der Waals surface area contributed by atoms with Crippen molar-refractivity contribution in [3.8, 4) is 5.88 Å². The second kappa shape index (κ2) is 4.04. The van der Waals surface area contributed by atoms with E-state index in [-0.39, 0.29) is 23.2 Å². The van der Waals surface area contributed by atoms with Gasteiger partial charge in [-0.1, -0.05) is 11.6 Å². The van der Waals surface area contributed by atoms with Gasteiger partial charge in [-0.3, -0.25) is 9.59 Å². The van der Waals surface area contributed by atoms with Crippen molar-refractivity contribution in [2.24, 2.45) is 0 Å². The van der Waals surface area contributed by atoms with E-state index in [9.17, 15) is 9.59 Å². The van der Waals surface area contributed by atoms with E-state index >= 15 is 0 Å². The molecular weight excluding hydrogens is 196 g/mol. The molecule has 0 bridgehead atoms. The molecule has 0 aromatic carbocycles. The van der Waals surface area contributed by atoms with E-state index in [1.54, 1.807) is 0 Å². The summed E-state index contributed by atoms with van der Waals surface area (Å²) in [5.41, 5.74) is 0. The molecule has 0 spiro atoms. The number of rotatable bonds is 3. The molecule has 0 aliphatic carbocycles. The van der Waals surface area contributed by atoms with Crippen LogP contribution in [0.2, 0.25) is 5.15 Å². The summed E-state index contributed by atoms with van der Waals surface area (Å²) in [6.07, 6.45) is -0.253. The molecule has 0 aliphatic heterocycles. The highest BCUT2D eigenvalue weighted by molar-refractivity contribution is 6.29. The van der Waals surface area contributed by atoms with Gasteiger partial charge in [-0.05, 0) is 6.92 Å². The maximum Gasteiger partial charge on any atom is 0.320 e. The van der Waals surface area contributed by atoms with Gasteiger partial charge in [0.15, 0.2) is 5.15 Å². The molecule has 1 heterocycles. The summed E-state index contributed by atoms with van der Waals surface area (Å²) in [7, 11) is 0. The van der Waals surface area contributed by atoms with Crippen LogP contribution in [-0.4, -0.2) is 21.9 Å². The zero-order valence-electron chi connectivity index (χ0n) is 6.83. The van der Waals surface area contributed by atoms with Gasteiger partial charge in [0.1, 0.15) is 12.2 Å². The number of hydrogen-bond acceptors (Lipinski definition) is 4. The van der Waals surface area contributed by atoms with Crippen molar-refractivity contribution in [3.63, 3.8) is 0 Å². The maximum absolute atomic E-state index is 10.9. The largest absolute Gasteiger partial charge is 0.408 e. The Labute approximate surface area is 79.0 Å². The standard InChI is InChI=1S/C7H7ClN2O3/c1-4(11)2-7(12)13-6-3-5(8)9-10-6/h3H,2H2,1H3,(H,9,10). The second-order valence-electron chi connectivity index (χ2n) is 2.41. The van der Waals surface area contributed by atoms with Crippen LogP contribution in [0.5, 0.6) is 5.88 Å². The Morgan fingerprint density at radius 3 is 2.85 bits per heavy atom.